The van der Waals surface area contributed by atoms with E-state index in [1.54, 1.807) is 17.6 Å². The normalized spacial score (nSPS) is 10.6. The highest BCUT2D eigenvalue weighted by molar-refractivity contribution is 7.71. The Labute approximate surface area is 160 Å². The van der Waals surface area contributed by atoms with Crippen LogP contribution in [-0.2, 0) is 11.3 Å². The van der Waals surface area contributed by atoms with Crippen LogP contribution in [0, 0.1) is 28.7 Å². The summed E-state index contributed by atoms with van der Waals surface area (Å²) in [5.74, 6) is 0.190. The van der Waals surface area contributed by atoms with Crippen LogP contribution in [0.1, 0.15) is 11.1 Å². The molecule has 138 valence electrons. The quantitative estimate of drug-likeness (QED) is 0.396. The molecule has 0 atom stereocenters. The lowest BCUT2D eigenvalue weighted by atomic mass is 10.1. The number of aromatic nitrogens is 3. The minimum Gasteiger partial charge on any atom is -0.324 e. The molecule has 0 bridgehead atoms. The van der Waals surface area contributed by atoms with E-state index in [9.17, 15) is 14.9 Å². The van der Waals surface area contributed by atoms with Crippen molar-refractivity contribution >= 4 is 29.5 Å². The van der Waals surface area contributed by atoms with Crippen molar-refractivity contribution in [2.24, 2.45) is 0 Å². The van der Waals surface area contributed by atoms with E-state index < -0.39 is 4.92 Å². The average Bonchev–Trinajstić information content (AvgIpc) is 2.98. The van der Waals surface area contributed by atoms with Crippen molar-refractivity contribution < 1.29 is 9.72 Å². The third kappa shape index (κ3) is 4.09. The van der Waals surface area contributed by atoms with Gasteiger partial charge in [0, 0.05) is 17.7 Å². The van der Waals surface area contributed by atoms with E-state index in [1.165, 1.54) is 12.1 Å². The lowest BCUT2D eigenvalue weighted by molar-refractivity contribution is -0.384. The van der Waals surface area contributed by atoms with Crippen molar-refractivity contribution in [3.63, 3.8) is 0 Å². The number of aromatic amines is 1. The van der Waals surface area contributed by atoms with E-state index in [-0.39, 0.29) is 18.1 Å². The minimum absolute atomic E-state index is 0.0688. The van der Waals surface area contributed by atoms with Crippen LogP contribution in [0.4, 0.5) is 11.4 Å². The molecule has 0 aliphatic heterocycles. The van der Waals surface area contributed by atoms with E-state index in [0.717, 1.165) is 16.7 Å². The zero-order valence-electron chi connectivity index (χ0n) is 14.7. The molecule has 1 amide bonds. The summed E-state index contributed by atoms with van der Waals surface area (Å²) >= 11 is 5.24. The number of amides is 1. The highest BCUT2D eigenvalue weighted by Crippen LogP contribution is 2.22. The molecule has 0 saturated heterocycles. The number of carbonyl (C=O) groups is 1. The van der Waals surface area contributed by atoms with Gasteiger partial charge in [-0.3, -0.25) is 24.6 Å². The molecule has 8 nitrogen and oxygen atoms in total. The Morgan fingerprint density at radius 1 is 1.26 bits per heavy atom. The standard InChI is InChI=1S/C18H17N5O3S/c1-11-3-6-13(7-4-11)17-20-21-18(27)22(17)10-16(24)19-15-9-14(23(25)26)8-5-12(15)2/h3-9H,10H2,1-2H3,(H,19,24)(H,21,27). The number of nitrogens with one attached hydrogen (secondary N) is 2. The number of H-pyrrole nitrogens is 1. The highest BCUT2D eigenvalue weighted by atomic mass is 32.1. The zero-order valence-corrected chi connectivity index (χ0v) is 15.5. The average molecular weight is 383 g/mol. The second kappa shape index (κ2) is 7.50. The Bertz CT molecular complexity index is 1070. The van der Waals surface area contributed by atoms with Crippen molar-refractivity contribution in [1.82, 2.24) is 14.8 Å². The molecule has 0 unspecified atom stereocenters. The number of anilines is 1. The predicted octanol–water partition coefficient (Wildman–Crippen LogP) is 3.77. The van der Waals surface area contributed by atoms with Crippen LogP contribution >= 0.6 is 12.2 Å². The van der Waals surface area contributed by atoms with Crippen LogP contribution in [0.3, 0.4) is 0 Å². The molecule has 1 aromatic heterocycles. The summed E-state index contributed by atoms with van der Waals surface area (Å²) < 4.78 is 1.90. The molecule has 1 heterocycles. The van der Waals surface area contributed by atoms with Crippen LogP contribution in [-0.4, -0.2) is 25.6 Å². The Hall–Kier alpha value is -3.33. The number of nitro benzene ring substituents is 1. The fraction of sp³-hybridized carbons (Fsp3) is 0.167. The van der Waals surface area contributed by atoms with Crippen LogP contribution in [0.2, 0.25) is 0 Å². The van der Waals surface area contributed by atoms with E-state index in [2.05, 4.69) is 15.5 Å². The number of rotatable bonds is 5. The van der Waals surface area contributed by atoms with Crippen molar-refractivity contribution in [2.45, 2.75) is 20.4 Å². The maximum atomic E-state index is 12.5. The van der Waals surface area contributed by atoms with Crippen molar-refractivity contribution in [2.75, 3.05) is 5.32 Å². The van der Waals surface area contributed by atoms with E-state index >= 15 is 0 Å². The number of benzene rings is 2. The lowest BCUT2D eigenvalue weighted by Gasteiger charge is -2.10. The third-order valence-electron chi connectivity index (χ3n) is 4.08. The number of hydrogen-bond acceptors (Lipinski definition) is 5. The second-order valence-electron chi connectivity index (χ2n) is 6.11. The van der Waals surface area contributed by atoms with E-state index in [1.807, 2.05) is 31.2 Å². The number of nitrogens with zero attached hydrogens (tertiary/aromatic N) is 3. The summed E-state index contributed by atoms with van der Waals surface area (Å²) in [6.07, 6.45) is 0. The fourth-order valence-corrected chi connectivity index (χ4v) is 2.78. The Kier molecular flexibility index (Phi) is 5.13. The van der Waals surface area contributed by atoms with Gasteiger partial charge in [0.2, 0.25) is 5.91 Å². The first kappa shape index (κ1) is 18.5. The van der Waals surface area contributed by atoms with Gasteiger partial charge in [0.1, 0.15) is 6.54 Å². The van der Waals surface area contributed by atoms with Crippen molar-refractivity contribution in [3.05, 3.63) is 68.5 Å². The van der Waals surface area contributed by atoms with Gasteiger partial charge in [-0.15, -0.1) is 0 Å². The summed E-state index contributed by atoms with van der Waals surface area (Å²) in [5.41, 5.74) is 2.96. The maximum Gasteiger partial charge on any atom is 0.271 e. The van der Waals surface area contributed by atoms with Gasteiger partial charge in [0.25, 0.3) is 5.69 Å². The third-order valence-corrected chi connectivity index (χ3v) is 4.39. The van der Waals surface area contributed by atoms with E-state index in [0.29, 0.717) is 16.3 Å². The molecule has 3 rings (SSSR count). The first-order chi connectivity index (χ1) is 12.8. The van der Waals surface area contributed by atoms with E-state index in [4.69, 9.17) is 12.2 Å². The summed E-state index contributed by atoms with van der Waals surface area (Å²) in [4.78, 5) is 22.9. The van der Waals surface area contributed by atoms with Gasteiger partial charge in [-0.05, 0) is 31.6 Å². The smallest absolute Gasteiger partial charge is 0.271 e. The molecule has 9 heteroatoms. The van der Waals surface area contributed by atoms with Crippen molar-refractivity contribution in [1.29, 1.82) is 0 Å². The first-order valence-electron chi connectivity index (χ1n) is 8.12. The lowest BCUT2D eigenvalue weighted by Crippen LogP contribution is -2.20. The molecule has 2 aromatic carbocycles. The van der Waals surface area contributed by atoms with Gasteiger partial charge >= 0.3 is 0 Å². The van der Waals surface area contributed by atoms with Crippen LogP contribution in [0.5, 0.6) is 0 Å². The summed E-state index contributed by atoms with van der Waals surface area (Å²) in [6.45, 7) is 3.68. The monoisotopic (exact) mass is 383 g/mol. The molecule has 3 aromatic rings. The summed E-state index contributed by atoms with van der Waals surface area (Å²) in [6, 6.07) is 12.0. The van der Waals surface area contributed by atoms with Crippen molar-refractivity contribution in [3.8, 4) is 11.4 Å². The Morgan fingerprint density at radius 3 is 2.63 bits per heavy atom. The minimum atomic E-state index is -0.503. The molecule has 0 saturated carbocycles. The number of carbonyl (C=O) groups excluding carboxylic acids is 1. The van der Waals surface area contributed by atoms with Crippen LogP contribution < -0.4 is 5.32 Å². The summed E-state index contributed by atoms with van der Waals surface area (Å²) in [5, 5.41) is 20.6. The van der Waals surface area contributed by atoms with Crippen LogP contribution in [0.25, 0.3) is 11.4 Å². The molecule has 27 heavy (non-hydrogen) atoms. The molecular formula is C18H17N5O3S. The maximum absolute atomic E-state index is 12.5. The molecule has 2 N–H and O–H groups in total. The fourth-order valence-electron chi connectivity index (χ4n) is 2.58. The zero-order chi connectivity index (χ0) is 19.6. The van der Waals surface area contributed by atoms with Gasteiger partial charge in [0.05, 0.1) is 10.6 Å². The largest absolute Gasteiger partial charge is 0.324 e. The topological polar surface area (TPSA) is 106 Å². The molecule has 0 aliphatic carbocycles. The molecule has 0 aliphatic rings. The Balaban J connectivity index is 1.84. The highest BCUT2D eigenvalue weighted by Gasteiger charge is 2.15. The van der Waals surface area contributed by atoms with Crippen LogP contribution in [0.15, 0.2) is 42.5 Å². The SMILES string of the molecule is Cc1ccc(-c2n[nH]c(=S)n2CC(=O)Nc2cc([N+](=O)[O-])ccc2C)cc1. The number of nitro groups is 1. The van der Waals surface area contributed by atoms with Gasteiger partial charge in [-0.25, -0.2) is 0 Å². The first-order valence-corrected chi connectivity index (χ1v) is 8.53. The molecule has 0 fully saturated rings. The molecule has 0 spiro atoms. The predicted molar refractivity (Wildman–Crippen MR) is 104 cm³/mol. The van der Waals surface area contributed by atoms with Gasteiger partial charge < -0.3 is 5.32 Å². The molecular weight excluding hydrogens is 366 g/mol. The van der Waals surface area contributed by atoms with Gasteiger partial charge in [-0.1, -0.05) is 35.9 Å². The number of aryl methyl sites for hydroxylation is 2. The Morgan fingerprint density at radius 2 is 1.96 bits per heavy atom. The summed E-state index contributed by atoms with van der Waals surface area (Å²) in [7, 11) is 0. The van der Waals surface area contributed by atoms with Gasteiger partial charge in [-0.2, -0.15) is 5.10 Å². The second-order valence-corrected chi connectivity index (χ2v) is 6.50. The molecule has 0 radical (unpaired) electrons. The van der Waals surface area contributed by atoms with Gasteiger partial charge in [0.15, 0.2) is 10.6 Å². The number of hydrogen-bond donors (Lipinski definition) is 2. The number of non-ortho nitro benzene ring substituents is 1.